The molecule has 0 atom stereocenters. The molecule has 2 aromatic carbocycles. The highest BCUT2D eigenvalue weighted by atomic mass is 35.5. The van der Waals surface area contributed by atoms with Crippen LogP contribution in [0.15, 0.2) is 66.2 Å². The summed E-state index contributed by atoms with van der Waals surface area (Å²) < 4.78 is 15.9. The minimum atomic E-state index is -0.294. The Balaban J connectivity index is 1.50. The van der Waals surface area contributed by atoms with Crippen LogP contribution in [-0.4, -0.2) is 29.1 Å². The lowest BCUT2D eigenvalue weighted by molar-refractivity contribution is 0.615. The van der Waals surface area contributed by atoms with Gasteiger partial charge in [0.15, 0.2) is 5.96 Å². The molecule has 0 unspecified atom stereocenters. The summed E-state index contributed by atoms with van der Waals surface area (Å²) in [5.41, 5.74) is 2.50. The Bertz CT molecular complexity index is 891. The average Bonchev–Trinajstić information content (AvgIpc) is 3.20. The zero-order valence-electron chi connectivity index (χ0n) is 15.0. The lowest BCUT2D eigenvalue weighted by atomic mass is 10.1. The van der Waals surface area contributed by atoms with Crippen molar-refractivity contribution in [3.8, 4) is 5.69 Å². The van der Waals surface area contributed by atoms with Crippen molar-refractivity contribution in [1.82, 2.24) is 20.2 Å². The summed E-state index contributed by atoms with van der Waals surface area (Å²) in [5, 5.41) is 7.18. The molecule has 0 aliphatic carbocycles. The fraction of sp³-hybridized carbons (Fsp3) is 0.200. The number of nitrogens with one attached hydrogen (secondary N) is 2. The number of benzene rings is 2. The summed E-state index contributed by atoms with van der Waals surface area (Å²) in [7, 11) is 1.71. The van der Waals surface area contributed by atoms with Gasteiger partial charge in [-0.25, -0.2) is 9.37 Å². The molecule has 0 fully saturated rings. The predicted octanol–water partition coefficient (Wildman–Crippen LogP) is 3.57. The van der Waals surface area contributed by atoms with E-state index in [-0.39, 0.29) is 5.82 Å². The first-order valence-corrected chi connectivity index (χ1v) is 8.99. The van der Waals surface area contributed by atoms with Gasteiger partial charge in [0.05, 0.1) is 12.0 Å². The Morgan fingerprint density at radius 1 is 1.15 bits per heavy atom. The monoisotopic (exact) mass is 385 g/mol. The molecule has 5 nitrogen and oxygen atoms in total. The third kappa shape index (κ3) is 5.31. The molecule has 7 heteroatoms. The van der Waals surface area contributed by atoms with Gasteiger partial charge in [0.25, 0.3) is 0 Å². The zero-order chi connectivity index (χ0) is 19.1. The molecule has 27 heavy (non-hydrogen) atoms. The van der Waals surface area contributed by atoms with Gasteiger partial charge in [-0.05, 0) is 41.8 Å². The second kappa shape index (κ2) is 9.19. The summed E-state index contributed by atoms with van der Waals surface area (Å²) in [6, 6.07) is 12.9. The number of imidazole rings is 1. The van der Waals surface area contributed by atoms with Gasteiger partial charge in [0, 0.05) is 37.6 Å². The summed E-state index contributed by atoms with van der Waals surface area (Å²) in [4.78, 5) is 8.14. The number of guanidine groups is 1. The molecule has 0 amide bonds. The van der Waals surface area contributed by atoms with Crippen molar-refractivity contribution in [1.29, 1.82) is 0 Å². The summed E-state index contributed by atoms with van der Waals surface area (Å²) >= 11 is 5.89. The fourth-order valence-corrected chi connectivity index (χ4v) is 2.78. The van der Waals surface area contributed by atoms with Crippen molar-refractivity contribution in [2.24, 2.45) is 4.99 Å². The van der Waals surface area contributed by atoms with Crippen LogP contribution in [0.3, 0.4) is 0 Å². The maximum atomic E-state index is 14.3. The molecule has 3 rings (SSSR count). The molecule has 0 radical (unpaired) electrons. The first-order valence-electron chi connectivity index (χ1n) is 8.61. The van der Waals surface area contributed by atoms with Crippen LogP contribution < -0.4 is 10.6 Å². The third-order valence-electron chi connectivity index (χ3n) is 4.10. The highest BCUT2D eigenvalue weighted by molar-refractivity contribution is 6.30. The van der Waals surface area contributed by atoms with Crippen LogP contribution in [0.4, 0.5) is 4.39 Å². The molecule has 0 saturated heterocycles. The van der Waals surface area contributed by atoms with Gasteiger partial charge < -0.3 is 15.2 Å². The topological polar surface area (TPSA) is 54.2 Å². The molecule has 1 heterocycles. The van der Waals surface area contributed by atoms with Gasteiger partial charge in [0.1, 0.15) is 5.82 Å². The van der Waals surface area contributed by atoms with E-state index in [1.165, 1.54) is 11.6 Å². The van der Waals surface area contributed by atoms with E-state index in [0.717, 1.165) is 23.6 Å². The number of aliphatic imine (C=N–C) groups is 1. The molecule has 0 aliphatic heterocycles. The molecular formula is C20H21ClFN5. The average molecular weight is 386 g/mol. The van der Waals surface area contributed by atoms with Crippen molar-refractivity contribution < 1.29 is 4.39 Å². The van der Waals surface area contributed by atoms with Crippen LogP contribution >= 0.6 is 11.6 Å². The number of hydrogen-bond donors (Lipinski definition) is 2. The van der Waals surface area contributed by atoms with Gasteiger partial charge in [0.2, 0.25) is 0 Å². The molecule has 0 saturated carbocycles. The van der Waals surface area contributed by atoms with E-state index in [1.54, 1.807) is 36.4 Å². The minimum Gasteiger partial charge on any atom is -0.356 e. The van der Waals surface area contributed by atoms with Crippen LogP contribution in [-0.2, 0) is 13.0 Å². The lowest BCUT2D eigenvalue weighted by Gasteiger charge is -2.13. The molecule has 0 spiro atoms. The Kier molecular flexibility index (Phi) is 6.44. The van der Waals surface area contributed by atoms with Crippen molar-refractivity contribution in [3.63, 3.8) is 0 Å². The number of aromatic nitrogens is 2. The van der Waals surface area contributed by atoms with Crippen molar-refractivity contribution in [3.05, 3.63) is 83.2 Å². The minimum absolute atomic E-state index is 0.294. The second-order valence-electron chi connectivity index (χ2n) is 5.98. The Hall–Kier alpha value is -2.86. The lowest BCUT2D eigenvalue weighted by Crippen LogP contribution is -2.37. The number of halogens is 2. The quantitative estimate of drug-likeness (QED) is 0.503. The number of hydrogen-bond acceptors (Lipinski definition) is 2. The first-order chi connectivity index (χ1) is 13.2. The Morgan fingerprint density at radius 3 is 2.59 bits per heavy atom. The van der Waals surface area contributed by atoms with Gasteiger partial charge in [-0.15, -0.1) is 0 Å². The second-order valence-corrected chi connectivity index (χ2v) is 6.42. The highest BCUT2D eigenvalue weighted by Crippen LogP contribution is 2.15. The Morgan fingerprint density at radius 2 is 1.93 bits per heavy atom. The molecular weight excluding hydrogens is 365 g/mol. The van der Waals surface area contributed by atoms with Gasteiger partial charge in [-0.2, -0.15) is 0 Å². The van der Waals surface area contributed by atoms with Gasteiger partial charge in [-0.1, -0.05) is 29.8 Å². The number of rotatable bonds is 6. The van der Waals surface area contributed by atoms with Crippen LogP contribution in [0, 0.1) is 5.82 Å². The van der Waals surface area contributed by atoms with E-state index in [1.807, 2.05) is 30.3 Å². The maximum Gasteiger partial charge on any atom is 0.191 e. The normalized spacial score (nSPS) is 11.4. The van der Waals surface area contributed by atoms with E-state index < -0.39 is 0 Å². The van der Waals surface area contributed by atoms with Crippen molar-refractivity contribution in [2.45, 2.75) is 13.0 Å². The number of nitrogens with zero attached hydrogens (tertiary/aromatic N) is 3. The highest BCUT2D eigenvalue weighted by Gasteiger charge is 2.06. The molecule has 0 aliphatic rings. The standard InChI is InChI=1S/C20H21ClFN5/c1-23-20(25-9-8-15-2-5-17(21)6-3-15)26-13-16-4-7-19(18(22)12-16)27-11-10-24-14-27/h2-7,10-12,14H,8-9,13H2,1H3,(H2,23,25,26). The zero-order valence-corrected chi connectivity index (χ0v) is 15.7. The molecule has 0 bridgehead atoms. The molecule has 1 aromatic heterocycles. The third-order valence-corrected chi connectivity index (χ3v) is 4.35. The van der Waals surface area contributed by atoms with E-state index in [9.17, 15) is 4.39 Å². The van der Waals surface area contributed by atoms with E-state index in [4.69, 9.17) is 11.6 Å². The molecule has 140 valence electrons. The summed E-state index contributed by atoms with van der Waals surface area (Å²) in [6.45, 7) is 1.21. The van der Waals surface area contributed by atoms with E-state index in [0.29, 0.717) is 18.2 Å². The summed E-state index contributed by atoms with van der Waals surface area (Å²) in [5.74, 6) is 0.376. The largest absolute Gasteiger partial charge is 0.356 e. The fourth-order valence-electron chi connectivity index (χ4n) is 2.65. The van der Waals surface area contributed by atoms with Gasteiger partial charge in [-0.3, -0.25) is 4.99 Å². The molecule has 2 N–H and O–H groups in total. The van der Waals surface area contributed by atoms with Crippen LogP contribution in [0.25, 0.3) is 5.69 Å². The van der Waals surface area contributed by atoms with Crippen LogP contribution in [0.2, 0.25) is 5.02 Å². The van der Waals surface area contributed by atoms with Crippen molar-refractivity contribution in [2.75, 3.05) is 13.6 Å². The summed E-state index contributed by atoms with van der Waals surface area (Å²) in [6.07, 6.45) is 5.76. The SMILES string of the molecule is CN=C(NCCc1ccc(Cl)cc1)NCc1ccc(-n2ccnc2)c(F)c1. The van der Waals surface area contributed by atoms with E-state index >= 15 is 0 Å². The van der Waals surface area contributed by atoms with E-state index in [2.05, 4.69) is 20.6 Å². The molecule has 3 aromatic rings. The van der Waals surface area contributed by atoms with Crippen LogP contribution in [0.1, 0.15) is 11.1 Å². The first kappa shape index (κ1) is 18.9. The van der Waals surface area contributed by atoms with Crippen molar-refractivity contribution >= 4 is 17.6 Å². The smallest absolute Gasteiger partial charge is 0.191 e. The maximum absolute atomic E-state index is 14.3. The predicted molar refractivity (Wildman–Crippen MR) is 107 cm³/mol. The van der Waals surface area contributed by atoms with Crippen LogP contribution in [0.5, 0.6) is 0 Å². The Labute approximate surface area is 162 Å². The van der Waals surface area contributed by atoms with Gasteiger partial charge >= 0.3 is 0 Å².